The van der Waals surface area contributed by atoms with Crippen LogP contribution in [0.4, 0.5) is 0 Å². The zero-order valence-corrected chi connectivity index (χ0v) is 6.10. The van der Waals surface area contributed by atoms with Crippen molar-refractivity contribution in [2.24, 2.45) is 0 Å². The van der Waals surface area contributed by atoms with Crippen molar-refractivity contribution in [3.8, 4) is 0 Å². The third kappa shape index (κ3) is 2.14. The predicted octanol–water partition coefficient (Wildman–Crippen LogP) is 1.16. The van der Waals surface area contributed by atoms with Gasteiger partial charge in [0.05, 0.1) is 0 Å². The fourth-order valence-corrected chi connectivity index (χ4v) is 1.17. The van der Waals surface area contributed by atoms with Crippen molar-refractivity contribution in [3.63, 3.8) is 0 Å². The molecule has 0 radical (unpaired) electrons. The van der Waals surface area contributed by atoms with Crippen molar-refractivity contribution < 1.29 is 9.90 Å². The topological polar surface area (TPSA) is 50.2 Å². The van der Waals surface area contributed by atoms with E-state index >= 15 is 0 Å². The standard InChI is InChI=1S/C6H7NO2S/c8-6(9)2-1-5-3-7-10-4-5/h3-4H,1-2H2,(H,8,9). The minimum absolute atomic E-state index is 0.193. The summed E-state index contributed by atoms with van der Waals surface area (Å²) in [7, 11) is 0. The summed E-state index contributed by atoms with van der Waals surface area (Å²) < 4.78 is 3.85. The minimum atomic E-state index is -0.758. The summed E-state index contributed by atoms with van der Waals surface area (Å²) in [4.78, 5) is 10.1. The van der Waals surface area contributed by atoms with E-state index in [9.17, 15) is 4.79 Å². The number of carboxylic acids is 1. The Labute approximate surface area is 62.5 Å². The zero-order chi connectivity index (χ0) is 7.40. The second-order valence-electron chi connectivity index (χ2n) is 1.93. The Balaban J connectivity index is 2.35. The molecular weight excluding hydrogens is 150 g/mol. The van der Waals surface area contributed by atoms with Crippen molar-refractivity contribution in [3.05, 3.63) is 17.1 Å². The molecule has 0 spiro atoms. The average molecular weight is 157 g/mol. The molecule has 54 valence electrons. The molecule has 0 aliphatic carbocycles. The van der Waals surface area contributed by atoms with E-state index in [0.717, 1.165) is 5.56 Å². The van der Waals surface area contributed by atoms with E-state index in [1.165, 1.54) is 11.5 Å². The van der Waals surface area contributed by atoms with Crippen LogP contribution >= 0.6 is 11.5 Å². The minimum Gasteiger partial charge on any atom is -0.481 e. The molecule has 0 atom stereocenters. The third-order valence-electron chi connectivity index (χ3n) is 1.11. The van der Waals surface area contributed by atoms with Crippen molar-refractivity contribution in [2.75, 3.05) is 0 Å². The van der Waals surface area contributed by atoms with Crippen molar-refractivity contribution in [1.29, 1.82) is 0 Å². The van der Waals surface area contributed by atoms with Crippen LogP contribution in [0.15, 0.2) is 11.6 Å². The lowest BCUT2D eigenvalue weighted by atomic mass is 10.2. The van der Waals surface area contributed by atoms with Crippen LogP contribution in [0.25, 0.3) is 0 Å². The summed E-state index contributed by atoms with van der Waals surface area (Å²) in [6, 6.07) is 0. The molecule has 0 aliphatic heterocycles. The van der Waals surface area contributed by atoms with Gasteiger partial charge in [0.1, 0.15) is 0 Å². The molecule has 1 N–H and O–H groups in total. The van der Waals surface area contributed by atoms with E-state index in [4.69, 9.17) is 5.11 Å². The van der Waals surface area contributed by atoms with Crippen LogP contribution in [-0.2, 0) is 11.2 Å². The van der Waals surface area contributed by atoms with Crippen LogP contribution in [0.3, 0.4) is 0 Å². The predicted molar refractivity (Wildman–Crippen MR) is 38.1 cm³/mol. The van der Waals surface area contributed by atoms with Crippen LogP contribution in [0, 0.1) is 0 Å². The second-order valence-corrected chi connectivity index (χ2v) is 2.58. The molecule has 0 saturated carbocycles. The third-order valence-corrected chi connectivity index (χ3v) is 1.75. The molecule has 10 heavy (non-hydrogen) atoms. The molecule has 1 rings (SSSR count). The molecule has 1 aromatic rings. The number of hydrogen-bond donors (Lipinski definition) is 1. The van der Waals surface area contributed by atoms with E-state index in [-0.39, 0.29) is 6.42 Å². The molecule has 0 amide bonds. The summed E-state index contributed by atoms with van der Waals surface area (Å²) in [5, 5.41) is 10.2. The summed E-state index contributed by atoms with van der Waals surface area (Å²) >= 11 is 1.35. The SMILES string of the molecule is O=C(O)CCc1cnsc1. The molecule has 1 heterocycles. The van der Waals surface area contributed by atoms with Gasteiger partial charge in [0.2, 0.25) is 0 Å². The first-order valence-electron chi connectivity index (χ1n) is 2.89. The Morgan fingerprint density at radius 3 is 3.10 bits per heavy atom. The van der Waals surface area contributed by atoms with Gasteiger partial charge in [0.25, 0.3) is 0 Å². The lowest BCUT2D eigenvalue weighted by molar-refractivity contribution is -0.136. The second kappa shape index (κ2) is 3.31. The highest BCUT2D eigenvalue weighted by Crippen LogP contribution is 2.04. The first-order valence-corrected chi connectivity index (χ1v) is 3.73. The molecule has 0 unspecified atom stereocenters. The molecule has 4 heteroatoms. The highest BCUT2D eigenvalue weighted by molar-refractivity contribution is 7.03. The highest BCUT2D eigenvalue weighted by atomic mass is 32.1. The van der Waals surface area contributed by atoms with E-state index in [1.807, 2.05) is 5.38 Å². The highest BCUT2D eigenvalue weighted by Gasteiger charge is 1.98. The normalized spacial score (nSPS) is 9.60. The lowest BCUT2D eigenvalue weighted by Gasteiger charge is -1.88. The molecule has 0 saturated heterocycles. The van der Waals surface area contributed by atoms with Crippen LogP contribution < -0.4 is 0 Å². The fourth-order valence-electron chi connectivity index (χ4n) is 0.601. The molecule has 0 fully saturated rings. The maximum Gasteiger partial charge on any atom is 0.303 e. The number of aliphatic carboxylic acids is 1. The Morgan fingerprint density at radius 2 is 2.60 bits per heavy atom. The summed E-state index contributed by atoms with van der Waals surface area (Å²) in [6.45, 7) is 0. The Bertz CT molecular complexity index is 208. The summed E-state index contributed by atoms with van der Waals surface area (Å²) in [5.41, 5.74) is 1.01. The zero-order valence-electron chi connectivity index (χ0n) is 5.28. The van der Waals surface area contributed by atoms with Gasteiger partial charge < -0.3 is 5.11 Å². The number of carbonyl (C=O) groups is 1. The van der Waals surface area contributed by atoms with Gasteiger partial charge in [-0.2, -0.15) is 0 Å². The quantitative estimate of drug-likeness (QED) is 0.716. The van der Waals surface area contributed by atoms with Gasteiger partial charge in [-0.25, -0.2) is 4.37 Å². The molecule has 0 aliphatic rings. The largest absolute Gasteiger partial charge is 0.481 e. The smallest absolute Gasteiger partial charge is 0.303 e. The number of rotatable bonds is 3. The average Bonchev–Trinajstić information content (AvgIpc) is 2.34. The number of aryl methyl sites for hydroxylation is 1. The number of aromatic nitrogens is 1. The molecular formula is C6H7NO2S. The van der Waals surface area contributed by atoms with Crippen molar-refractivity contribution >= 4 is 17.5 Å². The fraction of sp³-hybridized carbons (Fsp3) is 0.333. The Hall–Kier alpha value is -0.900. The number of carboxylic acid groups (broad SMARTS) is 1. The van der Waals surface area contributed by atoms with E-state index < -0.39 is 5.97 Å². The van der Waals surface area contributed by atoms with E-state index in [0.29, 0.717) is 6.42 Å². The lowest BCUT2D eigenvalue weighted by Crippen LogP contribution is -1.95. The van der Waals surface area contributed by atoms with E-state index in [1.54, 1.807) is 6.20 Å². The first kappa shape index (κ1) is 7.21. The summed E-state index contributed by atoms with van der Waals surface area (Å²) in [6.07, 6.45) is 2.48. The summed E-state index contributed by atoms with van der Waals surface area (Å²) in [5.74, 6) is -0.758. The van der Waals surface area contributed by atoms with Crippen molar-refractivity contribution in [1.82, 2.24) is 4.37 Å². The molecule has 3 nitrogen and oxygen atoms in total. The molecule has 0 bridgehead atoms. The maximum absolute atomic E-state index is 10.1. The Kier molecular flexibility index (Phi) is 2.39. The van der Waals surface area contributed by atoms with Crippen molar-refractivity contribution in [2.45, 2.75) is 12.8 Å². The number of hydrogen-bond acceptors (Lipinski definition) is 3. The van der Waals surface area contributed by atoms with Crippen LogP contribution in [0.1, 0.15) is 12.0 Å². The molecule has 1 aromatic heterocycles. The van der Waals surface area contributed by atoms with E-state index in [2.05, 4.69) is 4.37 Å². The van der Waals surface area contributed by atoms with Gasteiger partial charge in [-0.3, -0.25) is 4.79 Å². The van der Waals surface area contributed by atoms with Gasteiger partial charge in [0.15, 0.2) is 0 Å². The van der Waals surface area contributed by atoms with Gasteiger partial charge >= 0.3 is 5.97 Å². The van der Waals surface area contributed by atoms with Gasteiger partial charge in [-0.1, -0.05) is 0 Å². The molecule has 0 aromatic carbocycles. The van der Waals surface area contributed by atoms with Gasteiger partial charge in [-0.15, -0.1) is 0 Å². The first-order chi connectivity index (χ1) is 4.79. The van der Waals surface area contributed by atoms with Gasteiger partial charge in [-0.05, 0) is 23.5 Å². The number of nitrogens with zero attached hydrogens (tertiary/aromatic N) is 1. The Morgan fingerprint density at radius 1 is 1.80 bits per heavy atom. The van der Waals surface area contributed by atoms with Crippen LogP contribution in [-0.4, -0.2) is 15.4 Å². The van der Waals surface area contributed by atoms with Gasteiger partial charge in [0, 0.05) is 18.0 Å². The maximum atomic E-state index is 10.1. The van der Waals surface area contributed by atoms with Crippen LogP contribution in [0.5, 0.6) is 0 Å². The van der Waals surface area contributed by atoms with Crippen LogP contribution in [0.2, 0.25) is 0 Å². The monoisotopic (exact) mass is 157 g/mol.